The van der Waals surface area contributed by atoms with Crippen LogP contribution < -0.4 is 5.11 Å². The molecule has 1 saturated carbocycles. The van der Waals surface area contributed by atoms with Crippen LogP contribution >= 0.6 is 15.9 Å². The minimum absolute atomic E-state index is 0.240. The molecule has 0 aliphatic heterocycles. The predicted octanol–water partition coefficient (Wildman–Crippen LogP) is 1.87. The molecule has 80 valence electrons. The Morgan fingerprint density at radius 2 is 1.93 bits per heavy atom. The Bertz CT molecular complexity index is 381. The van der Waals surface area contributed by atoms with Gasteiger partial charge in [0.2, 0.25) is 0 Å². The van der Waals surface area contributed by atoms with Gasteiger partial charge in [0.1, 0.15) is 0 Å². The van der Waals surface area contributed by atoms with E-state index in [4.69, 9.17) is 0 Å². The van der Waals surface area contributed by atoms with E-state index in [1.807, 2.05) is 24.3 Å². The molecule has 1 unspecified atom stereocenters. The number of carboxylic acid groups (broad SMARTS) is 1. The molecule has 0 saturated heterocycles. The second-order valence-corrected chi connectivity index (χ2v) is 5.19. The molecular weight excluding hydrogens is 256 g/mol. The maximum absolute atomic E-state index is 11.3. The lowest BCUT2D eigenvalue weighted by atomic mass is 9.78. The first kappa shape index (κ1) is 10.7. The first-order valence-corrected chi connectivity index (χ1v) is 5.82. The van der Waals surface area contributed by atoms with Crippen LogP contribution in [0, 0.1) is 5.92 Å². The van der Waals surface area contributed by atoms with Crippen molar-refractivity contribution in [2.24, 2.45) is 5.92 Å². The number of carbonyl (C=O) groups excluding carboxylic acids is 1. The zero-order valence-corrected chi connectivity index (χ0v) is 10.1. The Morgan fingerprint density at radius 3 is 2.33 bits per heavy atom. The second-order valence-electron chi connectivity index (χ2n) is 4.27. The zero-order valence-electron chi connectivity index (χ0n) is 8.50. The molecule has 0 N–H and O–H groups in total. The standard InChI is InChI=1S/C12H13BrO2/c1-12(11(14)15,8-2-3-8)9-4-6-10(13)7-5-9/h4-8H,2-3H2,1H3,(H,14,15)/p-1. The Hall–Kier alpha value is -0.830. The maximum Gasteiger partial charge on any atom is 0.0520 e. The van der Waals surface area contributed by atoms with Gasteiger partial charge in [0.25, 0.3) is 0 Å². The first-order valence-electron chi connectivity index (χ1n) is 5.02. The third kappa shape index (κ3) is 1.81. The van der Waals surface area contributed by atoms with Crippen molar-refractivity contribution < 1.29 is 9.90 Å². The molecule has 1 aliphatic carbocycles. The number of carboxylic acids is 1. The highest BCUT2D eigenvalue weighted by Gasteiger charge is 2.43. The Labute approximate surface area is 97.4 Å². The molecule has 0 bridgehead atoms. The number of carbonyl (C=O) groups is 1. The molecule has 0 amide bonds. The average molecular weight is 268 g/mol. The molecule has 0 heterocycles. The smallest absolute Gasteiger partial charge is 0.0520 e. The monoisotopic (exact) mass is 267 g/mol. The lowest BCUT2D eigenvalue weighted by Crippen LogP contribution is -2.45. The number of benzene rings is 1. The van der Waals surface area contributed by atoms with Gasteiger partial charge in [0.15, 0.2) is 0 Å². The second kappa shape index (κ2) is 3.63. The van der Waals surface area contributed by atoms with Crippen LogP contribution in [0.1, 0.15) is 25.3 Å². The van der Waals surface area contributed by atoms with Gasteiger partial charge >= 0.3 is 0 Å². The minimum atomic E-state index is -0.965. The van der Waals surface area contributed by atoms with Crippen molar-refractivity contribution >= 4 is 21.9 Å². The van der Waals surface area contributed by atoms with Crippen molar-refractivity contribution in [1.29, 1.82) is 0 Å². The van der Waals surface area contributed by atoms with Crippen LogP contribution in [0.25, 0.3) is 0 Å². The van der Waals surface area contributed by atoms with Crippen LogP contribution in [0.15, 0.2) is 28.7 Å². The molecule has 3 heteroatoms. The highest BCUT2D eigenvalue weighted by molar-refractivity contribution is 9.10. The van der Waals surface area contributed by atoms with Crippen LogP contribution in [0.2, 0.25) is 0 Å². The van der Waals surface area contributed by atoms with Crippen LogP contribution in [-0.2, 0) is 10.2 Å². The summed E-state index contributed by atoms with van der Waals surface area (Å²) in [5, 5.41) is 11.3. The summed E-state index contributed by atoms with van der Waals surface area (Å²) in [5.41, 5.74) is 0.0222. The lowest BCUT2D eigenvalue weighted by Gasteiger charge is -2.31. The fourth-order valence-corrected chi connectivity index (χ4v) is 2.24. The SMILES string of the molecule is CC(C(=O)[O-])(c1ccc(Br)cc1)C1CC1. The first-order chi connectivity index (χ1) is 7.05. The summed E-state index contributed by atoms with van der Waals surface area (Å²) in [5.74, 6) is -0.726. The van der Waals surface area contributed by atoms with E-state index in [-0.39, 0.29) is 5.92 Å². The quantitative estimate of drug-likeness (QED) is 0.839. The van der Waals surface area contributed by atoms with E-state index in [0.717, 1.165) is 22.9 Å². The Balaban J connectivity index is 2.40. The van der Waals surface area contributed by atoms with Crippen molar-refractivity contribution in [3.63, 3.8) is 0 Å². The topological polar surface area (TPSA) is 40.1 Å². The van der Waals surface area contributed by atoms with E-state index in [1.54, 1.807) is 6.92 Å². The van der Waals surface area contributed by atoms with Gasteiger partial charge < -0.3 is 9.90 Å². The van der Waals surface area contributed by atoms with Gasteiger partial charge in [-0.2, -0.15) is 0 Å². The van der Waals surface area contributed by atoms with E-state index in [1.165, 1.54) is 0 Å². The van der Waals surface area contributed by atoms with E-state index in [9.17, 15) is 9.90 Å². The summed E-state index contributed by atoms with van der Waals surface area (Å²) in [7, 11) is 0. The van der Waals surface area contributed by atoms with Crippen molar-refractivity contribution in [3.05, 3.63) is 34.3 Å². The summed E-state index contributed by atoms with van der Waals surface area (Å²) >= 11 is 3.34. The van der Waals surface area contributed by atoms with E-state index >= 15 is 0 Å². The molecule has 2 rings (SSSR count). The van der Waals surface area contributed by atoms with Gasteiger partial charge in [-0.1, -0.05) is 28.1 Å². The van der Waals surface area contributed by atoms with Gasteiger partial charge in [-0.25, -0.2) is 0 Å². The van der Waals surface area contributed by atoms with Gasteiger partial charge in [-0.05, 0) is 43.4 Å². The largest absolute Gasteiger partial charge is 0.549 e. The van der Waals surface area contributed by atoms with Crippen LogP contribution in [-0.4, -0.2) is 5.97 Å². The molecule has 1 atom stereocenters. The summed E-state index contributed by atoms with van der Waals surface area (Å²) in [4.78, 5) is 11.3. The molecule has 2 nitrogen and oxygen atoms in total. The highest BCUT2D eigenvalue weighted by Crippen LogP contribution is 2.47. The lowest BCUT2D eigenvalue weighted by molar-refractivity contribution is -0.314. The molecule has 1 aliphatic rings. The number of aliphatic carboxylic acids is 1. The van der Waals surface area contributed by atoms with Crippen LogP contribution in [0.4, 0.5) is 0 Å². The molecular formula is C12H12BrO2-. The molecule has 0 spiro atoms. The summed E-state index contributed by atoms with van der Waals surface area (Å²) in [6.07, 6.45) is 1.97. The van der Waals surface area contributed by atoms with Gasteiger partial charge in [-0.15, -0.1) is 0 Å². The summed E-state index contributed by atoms with van der Waals surface area (Å²) in [6.45, 7) is 1.77. The van der Waals surface area contributed by atoms with Gasteiger partial charge in [0, 0.05) is 9.89 Å². The van der Waals surface area contributed by atoms with Crippen LogP contribution in [0.5, 0.6) is 0 Å². The molecule has 15 heavy (non-hydrogen) atoms. The van der Waals surface area contributed by atoms with Crippen molar-refractivity contribution in [1.82, 2.24) is 0 Å². The number of hydrogen-bond donors (Lipinski definition) is 0. The minimum Gasteiger partial charge on any atom is -0.549 e. The average Bonchev–Trinajstić information content (AvgIpc) is 3.00. The summed E-state index contributed by atoms with van der Waals surface area (Å²) in [6, 6.07) is 7.47. The van der Waals surface area contributed by atoms with E-state index in [2.05, 4.69) is 15.9 Å². The molecule has 0 radical (unpaired) electrons. The van der Waals surface area contributed by atoms with E-state index < -0.39 is 11.4 Å². The predicted molar refractivity (Wildman–Crippen MR) is 59.2 cm³/mol. The normalized spacial score (nSPS) is 19.6. The van der Waals surface area contributed by atoms with Crippen molar-refractivity contribution in [2.75, 3.05) is 0 Å². The Kier molecular flexibility index (Phi) is 2.59. The number of rotatable bonds is 3. The fourth-order valence-electron chi connectivity index (χ4n) is 1.98. The maximum atomic E-state index is 11.3. The zero-order chi connectivity index (χ0) is 11.1. The fraction of sp³-hybridized carbons (Fsp3) is 0.417. The highest BCUT2D eigenvalue weighted by atomic mass is 79.9. The molecule has 1 aromatic rings. The van der Waals surface area contributed by atoms with Gasteiger partial charge in [0.05, 0.1) is 5.97 Å². The molecule has 1 aromatic carbocycles. The van der Waals surface area contributed by atoms with Crippen molar-refractivity contribution in [3.8, 4) is 0 Å². The Morgan fingerprint density at radius 1 is 1.40 bits per heavy atom. The third-order valence-corrected chi connectivity index (χ3v) is 3.79. The third-order valence-electron chi connectivity index (χ3n) is 3.26. The summed E-state index contributed by atoms with van der Waals surface area (Å²) < 4.78 is 0.961. The number of halogens is 1. The molecule has 1 fully saturated rings. The van der Waals surface area contributed by atoms with Gasteiger partial charge in [-0.3, -0.25) is 0 Å². The van der Waals surface area contributed by atoms with Crippen molar-refractivity contribution in [2.45, 2.75) is 25.2 Å². The van der Waals surface area contributed by atoms with E-state index in [0.29, 0.717) is 0 Å². The number of hydrogen-bond acceptors (Lipinski definition) is 2. The van der Waals surface area contributed by atoms with Crippen LogP contribution in [0.3, 0.4) is 0 Å². The molecule has 0 aromatic heterocycles.